The first kappa shape index (κ1) is 6.40. The minimum atomic E-state index is -0.899. The summed E-state index contributed by atoms with van der Waals surface area (Å²) in [7, 11) is 0. The Kier molecular flexibility index (Phi) is 3.82. The maximum atomic E-state index is 9.87. The van der Waals surface area contributed by atoms with Crippen LogP contribution in [0.15, 0.2) is 0 Å². The summed E-state index contributed by atoms with van der Waals surface area (Å²) in [4.78, 5) is 0. The quantitative estimate of drug-likeness (QED) is 0.433. The van der Waals surface area contributed by atoms with Gasteiger partial charge in [-0.1, -0.05) is 15.9 Å². The molecule has 0 bridgehead atoms. The van der Waals surface area contributed by atoms with Crippen LogP contribution in [0.1, 0.15) is 6.92 Å². The molecule has 0 heterocycles. The van der Waals surface area contributed by atoms with E-state index in [2.05, 4.69) is 20.7 Å². The second-order valence-electron chi connectivity index (χ2n) is 0.843. The van der Waals surface area contributed by atoms with Crippen LogP contribution >= 0.6 is 15.9 Å². The Morgan fingerprint density at radius 2 is 2.50 bits per heavy atom. The number of hydrogen-bond acceptors (Lipinski definition) is 1. The summed E-state index contributed by atoms with van der Waals surface area (Å²) in [6.07, 6.45) is -0.899. The fourth-order valence-electron chi connectivity index (χ4n) is 0.0887. The van der Waals surface area contributed by atoms with E-state index >= 15 is 0 Å². The summed E-state index contributed by atoms with van der Waals surface area (Å²) in [5.41, 5.74) is 0.331. The molecule has 0 aromatic rings. The predicted molar refractivity (Wildman–Crippen MR) is 25.0 cm³/mol. The van der Waals surface area contributed by atoms with Crippen molar-refractivity contribution in [1.29, 1.82) is 0 Å². The maximum Gasteiger partial charge on any atom is 0.189 e. The van der Waals surface area contributed by atoms with E-state index in [1.807, 2.05) is 0 Å². The zero-order valence-corrected chi connectivity index (χ0v) is 5.06. The summed E-state index contributed by atoms with van der Waals surface area (Å²) in [6.45, 7) is 1.45. The first-order valence-corrected chi connectivity index (χ1v) is 2.73. The van der Waals surface area contributed by atoms with Crippen LogP contribution in [0.3, 0.4) is 0 Å². The molecule has 0 aliphatic carbocycles. The zero-order valence-electron chi connectivity index (χ0n) is 3.48. The zero-order chi connectivity index (χ0) is 4.99. The average molecular weight is 154 g/mol. The van der Waals surface area contributed by atoms with Crippen LogP contribution in [0, 0.1) is 0 Å². The molecule has 1 atom stereocenters. The standard InChI is InChI=1S/C3H6BrO2/c1-3(5)6-2-4/h3H,2H2,1H3. The van der Waals surface area contributed by atoms with E-state index in [-0.39, 0.29) is 0 Å². The first-order chi connectivity index (χ1) is 2.77. The van der Waals surface area contributed by atoms with Gasteiger partial charge in [-0.15, -0.1) is 0 Å². The van der Waals surface area contributed by atoms with Crippen LogP contribution in [-0.2, 0) is 9.84 Å². The van der Waals surface area contributed by atoms with Gasteiger partial charge in [0.05, 0.1) is 0 Å². The van der Waals surface area contributed by atoms with Gasteiger partial charge in [0.25, 0.3) is 0 Å². The average Bonchev–Trinajstić information content (AvgIpc) is 1.35. The normalized spacial score (nSPS) is 14.5. The molecule has 1 radical (unpaired) electrons. The van der Waals surface area contributed by atoms with Crippen molar-refractivity contribution < 1.29 is 9.84 Å². The van der Waals surface area contributed by atoms with Crippen molar-refractivity contribution in [2.75, 3.05) is 5.52 Å². The van der Waals surface area contributed by atoms with Crippen molar-refractivity contribution >= 4 is 15.9 Å². The Morgan fingerprint density at radius 1 is 2.00 bits per heavy atom. The van der Waals surface area contributed by atoms with E-state index in [4.69, 9.17) is 0 Å². The predicted octanol–water partition coefficient (Wildman–Crippen LogP) is 1.13. The highest BCUT2D eigenvalue weighted by Crippen LogP contribution is 1.87. The molecule has 0 fully saturated rings. The molecule has 0 aromatic carbocycles. The van der Waals surface area contributed by atoms with Gasteiger partial charge in [-0.2, -0.15) is 0 Å². The molecule has 6 heavy (non-hydrogen) atoms. The van der Waals surface area contributed by atoms with Gasteiger partial charge < -0.3 is 4.74 Å². The van der Waals surface area contributed by atoms with Gasteiger partial charge in [-0.05, 0) is 6.92 Å². The van der Waals surface area contributed by atoms with E-state index < -0.39 is 6.29 Å². The van der Waals surface area contributed by atoms with Crippen LogP contribution < -0.4 is 0 Å². The van der Waals surface area contributed by atoms with E-state index in [1.165, 1.54) is 6.92 Å². The third kappa shape index (κ3) is 4.40. The van der Waals surface area contributed by atoms with Crippen molar-refractivity contribution in [1.82, 2.24) is 0 Å². The second-order valence-corrected chi connectivity index (χ2v) is 1.30. The SMILES string of the molecule is CC([O])OCBr. The molecule has 0 rings (SSSR count). The number of rotatable bonds is 2. The Balaban J connectivity index is 2.63. The molecule has 37 valence electrons. The minimum absolute atomic E-state index is 0.331. The molecule has 0 aliphatic heterocycles. The summed E-state index contributed by atoms with van der Waals surface area (Å²) in [6, 6.07) is 0. The summed E-state index contributed by atoms with van der Waals surface area (Å²) in [5, 5.41) is 9.87. The molecular weight excluding hydrogens is 148 g/mol. The van der Waals surface area contributed by atoms with Crippen molar-refractivity contribution in [3.05, 3.63) is 0 Å². The Hall–Kier alpha value is 0.400. The topological polar surface area (TPSA) is 29.1 Å². The minimum Gasteiger partial charge on any atom is -0.339 e. The highest BCUT2D eigenvalue weighted by Gasteiger charge is 1.89. The molecule has 1 unspecified atom stereocenters. The monoisotopic (exact) mass is 153 g/mol. The van der Waals surface area contributed by atoms with E-state index in [9.17, 15) is 5.11 Å². The van der Waals surface area contributed by atoms with Crippen LogP contribution in [0.5, 0.6) is 0 Å². The van der Waals surface area contributed by atoms with E-state index in [0.29, 0.717) is 5.52 Å². The lowest BCUT2D eigenvalue weighted by molar-refractivity contribution is -0.109. The van der Waals surface area contributed by atoms with Crippen LogP contribution in [-0.4, -0.2) is 11.8 Å². The molecule has 2 nitrogen and oxygen atoms in total. The van der Waals surface area contributed by atoms with Crippen LogP contribution in [0.2, 0.25) is 0 Å². The second kappa shape index (κ2) is 3.59. The lowest BCUT2D eigenvalue weighted by Gasteiger charge is -1.95. The van der Waals surface area contributed by atoms with Gasteiger partial charge in [0.15, 0.2) is 6.29 Å². The fraction of sp³-hybridized carbons (Fsp3) is 1.00. The molecule has 0 aliphatic rings. The van der Waals surface area contributed by atoms with Gasteiger partial charge in [0, 0.05) is 0 Å². The van der Waals surface area contributed by atoms with Gasteiger partial charge in [0.2, 0.25) is 0 Å². The molecule has 0 spiro atoms. The molecule has 3 heteroatoms. The van der Waals surface area contributed by atoms with Crippen molar-refractivity contribution in [3.8, 4) is 0 Å². The molecule has 0 saturated heterocycles. The summed E-state index contributed by atoms with van der Waals surface area (Å²) in [5.74, 6) is 0. The molecule has 0 N–H and O–H groups in total. The molecular formula is C3H6BrO2. The number of hydrogen-bond donors (Lipinski definition) is 0. The van der Waals surface area contributed by atoms with Crippen molar-refractivity contribution in [2.24, 2.45) is 0 Å². The Labute approximate surface area is 45.2 Å². The lowest BCUT2D eigenvalue weighted by atomic mass is 10.8. The van der Waals surface area contributed by atoms with E-state index in [1.54, 1.807) is 0 Å². The largest absolute Gasteiger partial charge is 0.339 e. The third-order valence-electron chi connectivity index (χ3n) is 0.298. The molecule has 0 amide bonds. The molecule has 0 aromatic heterocycles. The van der Waals surface area contributed by atoms with Gasteiger partial charge >= 0.3 is 0 Å². The van der Waals surface area contributed by atoms with Crippen LogP contribution in [0.25, 0.3) is 0 Å². The van der Waals surface area contributed by atoms with Crippen LogP contribution in [0.4, 0.5) is 0 Å². The van der Waals surface area contributed by atoms with Gasteiger partial charge in [0.1, 0.15) is 5.52 Å². The number of alkyl halides is 1. The summed E-state index contributed by atoms with van der Waals surface area (Å²) < 4.78 is 4.40. The Morgan fingerprint density at radius 3 is 2.50 bits per heavy atom. The van der Waals surface area contributed by atoms with Gasteiger partial charge in [-0.3, -0.25) is 0 Å². The van der Waals surface area contributed by atoms with E-state index in [0.717, 1.165) is 0 Å². The first-order valence-electron chi connectivity index (χ1n) is 1.60. The number of ether oxygens (including phenoxy) is 1. The third-order valence-corrected chi connectivity index (χ3v) is 0.562. The highest BCUT2D eigenvalue weighted by atomic mass is 79.9. The smallest absolute Gasteiger partial charge is 0.189 e. The van der Waals surface area contributed by atoms with Crippen molar-refractivity contribution in [2.45, 2.75) is 13.2 Å². The fourth-order valence-corrected chi connectivity index (χ4v) is 0.461. The molecule has 0 saturated carbocycles. The highest BCUT2D eigenvalue weighted by molar-refractivity contribution is 9.09. The maximum absolute atomic E-state index is 9.87. The summed E-state index contributed by atoms with van der Waals surface area (Å²) >= 11 is 2.93. The number of halogens is 1. The van der Waals surface area contributed by atoms with Gasteiger partial charge in [-0.25, -0.2) is 5.11 Å². The van der Waals surface area contributed by atoms with Crippen molar-refractivity contribution in [3.63, 3.8) is 0 Å². The Bertz CT molecular complexity index is 30.0. The lowest BCUT2D eigenvalue weighted by Crippen LogP contribution is -2.00.